The summed E-state index contributed by atoms with van der Waals surface area (Å²) in [5, 5.41) is 0. The van der Waals surface area contributed by atoms with E-state index < -0.39 is 8.25 Å². The highest BCUT2D eigenvalue weighted by Crippen LogP contribution is 2.25. The Hall–Kier alpha value is -0.0600. The van der Waals surface area contributed by atoms with Gasteiger partial charge in [0.1, 0.15) is 0 Å². The predicted octanol–water partition coefficient (Wildman–Crippen LogP) is 2.36. The first kappa shape index (κ1) is 11.9. The highest BCUT2D eigenvalue weighted by molar-refractivity contribution is 7.32. The third kappa shape index (κ3) is 8.04. The van der Waals surface area contributed by atoms with Gasteiger partial charge in [0.25, 0.3) is 0 Å². The van der Waals surface area contributed by atoms with Gasteiger partial charge in [-0.3, -0.25) is 0 Å². The van der Waals surface area contributed by atoms with Crippen molar-refractivity contribution in [3.63, 3.8) is 0 Å². The largest absolute Gasteiger partial charge is 0.427 e. The molecule has 0 unspecified atom stereocenters. The van der Waals surface area contributed by atoms with E-state index in [9.17, 15) is 4.57 Å². The van der Waals surface area contributed by atoms with Gasteiger partial charge in [0.2, 0.25) is 0 Å². The molecule has 0 aliphatic carbocycles. The lowest BCUT2D eigenvalue weighted by atomic mass is 10.5. The average molecular weight is 197 g/mol. The molecule has 0 N–H and O–H groups in total. The zero-order valence-corrected chi connectivity index (χ0v) is 8.54. The molecule has 0 rings (SSSR count). The maximum absolute atomic E-state index is 10.7. The van der Waals surface area contributed by atoms with Gasteiger partial charge >= 0.3 is 8.25 Å². The molecular weight excluding hydrogens is 183 g/mol. The molecule has 0 atom stereocenters. The lowest BCUT2D eigenvalue weighted by Gasteiger charge is -2.05. The number of rotatable bonds is 6. The van der Waals surface area contributed by atoms with Crippen molar-refractivity contribution in [2.45, 2.75) is 39.9 Å². The third-order valence-electron chi connectivity index (χ3n) is 0.593. The SMILES string of the molecule is CC(C)OO[P](=O)OOC(C)C. The molecule has 0 fully saturated rings. The van der Waals surface area contributed by atoms with Crippen molar-refractivity contribution in [2.75, 3.05) is 0 Å². The molecule has 0 aromatic heterocycles. The van der Waals surface area contributed by atoms with Crippen LogP contribution in [0.4, 0.5) is 0 Å². The summed E-state index contributed by atoms with van der Waals surface area (Å²) in [6, 6.07) is 0. The van der Waals surface area contributed by atoms with E-state index in [4.69, 9.17) is 0 Å². The minimum Gasteiger partial charge on any atom is -0.221 e. The van der Waals surface area contributed by atoms with Gasteiger partial charge in [-0.2, -0.15) is 0 Å². The smallest absolute Gasteiger partial charge is 0.221 e. The summed E-state index contributed by atoms with van der Waals surface area (Å²) in [6.45, 7) is 6.97. The molecule has 0 spiro atoms. The first-order valence-electron chi connectivity index (χ1n) is 3.66. The van der Waals surface area contributed by atoms with Gasteiger partial charge in [-0.05, 0) is 27.7 Å². The fourth-order valence-corrected chi connectivity index (χ4v) is 0.764. The Bertz CT molecular complexity index is 122. The van der Waals surface area contributed by atoms with Gasteiger partial charge in [0.15, 0.2) is 0 Å². The first-order valence-corrected chi connectivity index (χ1v) is 4.76. The molecule has 0 saturated heterocycles. The lowest BCUT2D eigenvalue weighted by Crippen LogP contribution is -2.02. The maximum atomic E-state index is 10.7. The van der Waals surface area contributed by atoms with Crippen LogP contribution in [-0.4, -0.2) is 12.2 Å². The van der Waals surface area contributed by atoms with E-state index in [2.05, 4.69) is 19.1 Å². The first-order chi connectivity index (χ1) is 5.52. The van der Waals surface area contributed by atoms with Gasteiger partial charge in [-0.15, -0.1) is 9.35 Å². The van der Waals surface area contributed by atoms with Gasteiger partial charge in [-0.25, -0.2) is 14.3 Å². The van der Waals surface area contributed by atoms with E-state index in [1.807, 2.05) is 0 Å². The standard InChI is InChI=1S/C6H14O5P/c1-5(2)8-10-12(7)11-9-6(3)4/h5-6H,1-4H3. The van der Waals surface area contributed by atoms with Crippen molar-refractivity contribution in [1.29, 1.82) is 0 Å². The van der Waals surface area contributed by atoms with Crippen molar-refractivity contribution in [3.05, 3.63) is 0 Å². The van der Waals surface area contributed by atoms with E-state index in [0.29, 0.717) is 0 Å². The average Bonchev–Trinajstić information content (AvgIpc) is 1.96. The fourth-order valence-electron chi connectivity index (χ4n) is 0.255. The fraction of sp³-hybridized carbons (Fsp3) is 1.00. The summed E-state index contributed by atoms with van der Waals surface area (Å²) in [4.78, 5) is 9.09. The van der Waals surface area contributed by atoms with Crippen LogP contribution in [0.15, 0.2) is 0 Å². The molecule has 0 aromatic carbocycles. The highest BCUT2D eigenvalue weighted by atomic mass is 31.1. The Kier molecular flexibility index (Phi) is 6.42. The quantitative estimate of drug-likeness (QED) is 0.371. The molecule has 0 saturated carbocycles. The molecule has 0 bridgehead atoms. The topological polar surface area (TPSA) is 54.0 Å². The number of hydrogen-bond acceptors (Lipinski definition) is 5. The zero-order valence-electron chi connectivity index (χ0n) is 7.64. The summed E-state index contributed by atoms with van der Waals surface area (Å²) in [6.07, 6.45) is -0.321. The van der Waals surface area contributed by atoms with Crippen LogP contribution in [0.25, 0.3) is 0 Å². The second kappa shape index (κ2) is 6.46. The molecule has 0 heterocycles. The van der Waals surface area contributed by atoms with Gasteiger partial charge in [-0.1, -0.05) is 0 Å². The summed E-state index contributed by atoms with van der Waals surface area (Å²) in [5.74, 6) is 0. The summed E-state index contributed by atoms with van der Waals surface area (Å²) in [5.41, 5.74) is 0. The molecule has 73 valence electrons. The molecule has 0 amide bonds. The van der Waals surface area contributed by atoms with Crippen LogP contribution in [-0.2, 0) is 23.7 Å². The molecule has 6 heteroatoms. The Morgan fingerprint density at radius 1 is 0.917 bits per heavy atom. The second-order valence-electron chi connectivity index (χ2n) is 2.66. The van der Waals surface area contributed by atoms with Crippen LogP contribution >= 0.6 is 8.25 Å². The van der Waals surface area contributed by atoms with Crippen LogP contribution in [0, 0.1) is 0 Å². The van der Waals surface area contributed by atoms with Crippen LogP contribution in [0.5, 0.6) is 0 Å². The van der Waals surface area contributed by atoms with E-state index in [0.717, 1.165) is 0 Å². The molecule has 0 aromatic rings. The molecule has 1 radical (unpaired) electrons. The molecular formula is C6H14O5P. The summed E-state index contributed by atoms with van der Waals surface area (Å²) >= 11 is 0. The van der Waals surface area contributed by atoms with Crippen LogP contribution < -0.4 is 0 Å². The highest BCUT2D eigenvalue weighted by Gasteiger charge is 2.07. The Morgan fingerprint density at radius 3 is 1.50 bits per heavy atom. The zero-order chi connectivity index (χ0) is 9.56. The van der Waals surface area contributed by atoms with Gasteiger partial charge in [0, 0.05) is 0 Å². The minimum atomic E-state index is -2.34. The molecule has 12 heavy (non-hydrogen) atoms. The minimum absolute atomic E-state index is 0.161. The predicted molar refractivity (Wildman–Crippen MR) is 42.2 cm³/mol. The monoisotopic (exact) mass is 197 g/mol. The van der Waals surface area contributed by atoms with Crippen molar-refractivity contribution in [1.82, 2.24) is 0 Å². The van der Waals surface area contributed by atoms with Crippen LogP contribution in [0.3, 0.4) is 0 Å². The van der Waals surface area contributed by atoms with Crippen molar-refractivity contribution < 1.29 is 23.7 Å². The van der Waals surface area contributed by atoms with Crippen molar-refractivity contribution in [3.8, 4) is 0 Å². The third-order valence-corrected chi connectivity index (χ3v) is 1.01. The molecule has 0 aliphatic rings. The Balaban J connectivity index is 3.34. The van der Waals surface area contributed by atoms with Crippen LogP contribution in [0.2, 0.25) is 0 Å². The van der Waals surface area contributed by atoms with E-state index in [1.54, 1.807) is 27.7 Å². The van der Waals surface area contributed by atoms with Gasteiger partial charge < -0.3 is 0 Å². The number of hydrogen-bond donors (Lipinski definition) is 0. The van der Waals surface area contributed by atoms with E-state index >= 15 is 0 Å². The summed E-state index contributed by atoms with van der Waals surface area (Å²) in [7, 11) is -2.34. The van der Waals surface area contributed by atoms with E-state index in [1.165, 1.54) is 0 Å². The van der Waals surface area contributed by atoms with Crippen LogP contribution in [0.1, 0.15) is 27.7 Å². The summed E-state index contributed by atoms with van der Waals surface area (Å²) < 4.78 is 19.3. The lowest BCUT2D eigenvalue weighted by molar-refractivity contribution is -0.284. The molecule has 0 aliphatic heterocycles. The molecule has 5 nitrogen and oxygen atoms in total. The Morgan fingerprint density at radius 2 is 1.25 bits per heavy atom. The van der Waals surface area contributed by atoms with E-state index in [-0.39, 0.29) is 12.2 Å². The van der Waals surface area contributed by atoms with Crippen molar-refractivity contribution in [2.24, 2.45) is 0 Å². The normalized spacial score (nSPS) is 11.2. The maximum Gasteiger partial charge on any atom is 0.427 e. The second-order valence-corrected chi connectivity index (χ2v) is 3.41. The van der Waals surface area contributed by atoms with Crippen molar-refractivity contribution >= 4 is 8.25 Å². The Labute approximate surface area is 72.8 Å². The van der Waals surface area contributed by atoms with Gasteiger partial charge in [0.05, 0.1) is 12.2 Å².